The molecule has 1 fully saturated rings. The van der Waals surface area contributed by atoms with Crippen LogP contribution in [0, 0.1) is 0 Å². The van der Waals surface area contributed by atoms with E-state index in [0.29, 0.717) is 6.54 Å². The van der Waals surface area contributed by atoms with E-state index in [0.717, 1.165) is 32.0 Å². The van der Waals surface area contributed by atoms with Crippen molar-refractivity contribution in [3.63, 3.8) is 0 Å². The molecule has 2 rings (SSSR count). The van der Waals surface area contributed by atoms with Crippen LogP contribution in [0.2, 0.25) is 0 Å². The van der Waals surface area contributed by atoms with Gasteiger partial charge in [0.1, 0.15) is 5.82 Å². The first-order valence-corrected chi connectivity index (χ1v) is 6.72. The maximum Gasteiger partial charge on any atom is 0.240 e. The van der Waals surface area contributed by atoms with Crippen LogP contribution in [0.15, 0.2) is 12.4 Å². The second-order valence-corrected chi connectivity index (χ2v) is 5.43. The van der Waals surface area contributed by atoms with Gasteiger partial charge in [0, 0.05) is 45.6 Å². The van der Waals surface area contributed by atoms with E-state index < -0.39 is 5.54 Å². The van der Waals surface area contributed by atoms with Crippen molar-refractivity contribution >= 4 is 5.91 Å². The Morgan fingerprint density at radius 1 is 1.47 bits per heavy atom. The van der Waals surface area contributed by atoms with Crippen LogP contribution < -0.4 is 10.6 Å². The predicted molar refractivity (Wildman–Crippen MR) is 73.6 cm³/mol. The Balaban J connectivity index is 1.92. The van der Waals surface area contributed by atoms with E-state index in [1.54, 1.807) is 6.20 Å². The van der Waals surface area contributed by atoms with Crippen molar-refractivity contribution < 1.29 is 4.79 Å². The molecule has 0 radical (unpaired) electrons. The number of hydrogen-bond acceptors (Lipinski definition) is 4. The van der Waals surface area contributed by atoms with Crippen molar-refractivity contribution in [2.75, 3.05) is 26.2 Å². The Kier molecular flexibility index (Phi) is 4.21. The van der Waals surface area contributed by atoms with E-state index in [4.69, 9.17) is 0 Å². The SMILES string of the molecule is Cn1ccnc1CNC(=O)C(C)(C)N1CCNCC1. The van der Waals surface area contributed by atoms with Crippen molar-refractivity contribution in [2.24, 2.45) is 7.05 Å². The number of nitrogens with zero attached hydrogens (tertiary/aromatic N) is 3. The maximum absolute atomic E-state index is 12.4. The molecule has 19 heavy (non-hydrogen) atoms. The molecule has 1 aromatic rings. The summed E-state index contributed by atoms with van der Waals surface area (Å²) >= 11 is 0. The summed E-state index contributed by atoms with van der Waals surface area (Å²) < 4.78 is 1.91. The van der Waals surface area contributed by atoms with Crippen molar-refractivity contribution in [2.45, 2.75) is 25.9 Å². The van der Waals surface area contributed by atoms with E-state index in [1.165, 1.54) is 0 Å². The van der Waals surface area contributed by atoms with E-state index in [9.17, 15) is 4.79 Å². The van der Waals surface area contributed by atoms with Crippen LogP contribution in [0.3, 0.4) is 0 Å². The average Bonchev–Trinajstić information content (AvgIpc) is 2.82. The van der Waals surface area contributed by atoms with Crippen LogP contribution in [0.5, 0.6) is 0 Å². The van der Waals surface area contributed by atoms with Crippen LogP contribution in [-0.2, 0) is 18.4 Å². The highest BCUT2D eigenvalue weighted by Gasteiger charge is 2.34. The van der Waals surface area contributed by atoms with Gasteiger partial charge < -0.3 is 15.2 Å². The quantitative estimate of drug-likeness (QED) is 0.786. The van der Waals surface area contributed by atoms with Crippen molar-refractivity contribution in [1.82, 2.24) is 25.1 Å². The number of piperazine rings is 1. The summed E-state index contributed by atoms with van der Waals surface area (Å²) in [5, 5.41) is 6.28. The minimum absolute atomic E-state index is 0.0531. The van der Waals surface area contributed by atoms with Crippen molar-refractivity contribution in [3.8, 4) is 0 Å². The number of rotatable bonds is 4. The summed E-state index contributed by atoms with van der Waals surface area (Å²) in [4.78, 5) is 18.8. The molecular formula is C13H23N5O. The number of amides is 1. The summed E-state index contributed by atoms with van der Waals surface area (Å²) in [5.41, 5.74) is -0.479. The lowest BCUT2D eigenvalue weighted by Gasteiger charge is -2.39. The van der Waals surface area contributed by atoms with Gasteiger partial charge in [-0.15, -0.1) is 0 Å². The van der Waals surface area contributed by atoms with Gasteiger partial charge in [0.25, 0.3) is 0 Å². The molecule has 0 bridgehead atoms. The van der Waals surface area contributed by atoms with E-state index in [-0.39, 0.29) is 5.91 Å². The highest BCUT2D eigenvalue weighted by atomic mass is 16.2. The first kappa shape index (κ1) is 14.0. The van der Waals surface area contributed by atoms with Crippen LogP contribution >= 0.6 is 0 Å². The second kappa shape index (κ2) is 5.71. The zero-order valence-electron chi connectivity index (χ0n) is 11.9. The zero-order chi connectivity index (χ0) is 13.9. The lowest BCUT2D eigenvalue weighted by Crippen LogP contribution is -2.59. The predicted octanol–water partition coefficient (Wildman–Crippen LogP) is -0.280. The normalized spacial score (nSPS) is 17.4. The number of hydrogen-bond donors (Lipinski definition) is 2. The monoisotopic (exact) mass is 265 g/mol. The molecule has 2 heterocycles. The first-order valence-electron chi connectivity index (χ1n) is 6.72. The molecule has 1 saturated heterocycles. The van der Waals surface area contributed by atoms with Gasteiger partial charge in [0.2, 0.25) is 5.91 Å². The minimum atomic E-state index is -0.479. The Morgan fingerprint density at radius 3 is 2.74 bits per heavy atom. The largest absolute Gasteiger partial charge is 0.347 e. The van der Waals surface area contributed by atoms with Crippen molar-refractivity contribution in [1.29, 1.82) is 0 Å². The van der Waals surface area contributed by atoms with Gasteiger partial charge in [0.15, 0.2) is 0 Å². The van der Waals surface area contributed by atoms with E-state index in [1.807, 2.05) is 31.7 Å². The minimum Gasteiger partial charge on any atom is -0.347 e. The Bertz CT molecular complexity index is 434. The molecular weight excluding hydrogens is 242 g/mol. The summed E-state index contributed by atoms with van der Waals surface area (Å²) in [7, 11) is 1.93. The molecule has 106 valence electrons. The molecule has 0 atom stereocenters. The molecule has 0 saturated carbocycles. The fourth-order valence-corrected chi connectivity index (χ4v) is 2.31. The van der Waals surface area contributed by atoms with Crippen LogP contribution in [0.25, 0.3) is 0 Å². The van der Waals surface area contributed by atoms with E-state index >= 15 is 0 Å². The van der Waals surface area contributed by atoms with Crippen molar-refractivity contribution in [3.05, 3.63) is 18.2 Å². The van der Waals surface area contributed by atoms with Crippen LogP contribution in [0.1, 0.15) is 19.7 Å². The lowest BCUT2D eigenvalue weighted by atomic mass is 10.0. The van der Waals surface area contributed by atoms with Gasteiger partial charge in [0.05, 0.1) is 12.1 Å². The summed E-state index contributed by atoms with van der Waals surface area (Å²) in [5.74, 6) is 0.918. The number of aromatic nitrogens is 2. The highest BCUT2D eigenvalue weighted by Crippen LogP contribution is 2.15. The van der Waals surface area contributed by atoms with Gasteiger partial charge in [-0.2, -0.15) is 0 Å². The Hall–Kier alpha value is -1.40. The maximum atomic E-state index is 12.4. The number of aryl methyl sites for hydroxylation is 1. The Morgan fingerprint density at radius 2 is 2.16 bits per heavy atom. The summed E-state index contributed by atoms with van der Waals surface area (Å²) in [6.07, 6.45) is 3.62. The van der Waals surface area contributed by atoms with Gasteiger partial charge in [-0.25, -0.2) is 4.98 Å². The fraction of sp³-hybridized carbons (Fsp3) is 0.692. The van der Waals surface area contributed by atoms with E-state index in [2.05, 4.69) is 20.5 Å². The first-order chi connectivity index (χ1) is 9.01. The molecule has 2 N–H and O–H groups in total. The fourth-order valence-electron chi connectivity index (χ4n) is 2.31. The average molecular weight is 265 g/mol. The topological polar surface area (TPSA) is 62.2 Å². The molecule has 0 aliphatic carbocycles. The molecule has 0 aromatic carbocycles. The van der Waals surface area contributed by atoms with Crippen LogP contribution in [0.4, 0.5) is 0 Å². The summed E-state index contributed by atoms with van der Waals surface area (Å²) in [6.45, 7) is 8.12. The molecule has 6 heteroatoms. The Labute approximate surface area is 114 Å². The standard InChI is InChI=1S/C13H23N5O/c1-13(2,18-8-4-14-5-9-18)12(19)16-10-11-15-6-7-17(11)3/h6-7,14H,4-5,8-10H2,1-3H3,(H,16,19). The molecule has 0 spiro atoms. The summed E-state index contributed by atoms with van der Waals surface area (Å²) in [6, 6.07) is 0. The third kappa shape index (κ3) is 3.13. The third-order valence-electron chi connectivity index (χ3n) is 3.79. The van der Waals surface area contributed by atoms with Crippen LogP contribution in [-0.4, -0.2) is 52.1 Å². The lowest BCUT2D eigenvalue weighted by molar-refractivity contribution is -0.132. The molecule has 1 aliphatic heterocycles. The number of nitrogens with one attached hydrogen (secondary N) is 2. The zero-order valence-corrected chi connectivity index (χ0v) is 11.9. The van der Waals surface area contributed by atoms with Gasteiger partial charge in [-0.3, -0.25) is 9.69 Å². The number of imidazole rings is 1. The second-order valence-electron chi connectivity index (χ2n) is 5.43. The molecule has 0 unspecified atom stereocenters. The van der Waals surface area contributed by atoms with Gasteiger partial charge >= 0.3 is 0 Å². The molecule has 1 amide bonds. The molecule has 1 aliphatic rings. The molecule has 1 aromatic heterocycles. The number of carbonyl (C=O) groups is 1. The molecule has 6 nitrogen and oxygen atoms in total. The highest BCUT2D eigenvalue weighted by molar-refractivity contribution is 5.85. The van der Waals surface area contributed by atoms with Gasteiger partial charge in [-0.05, 0) is 13.8 Å². The smallest absolute Gasteiger partial charge is 0.240 e. The van der Waals surface area contributed by atoms with Gasteiger partial charge in [-0.1, -0.05) is 0 Å². The third-order valence-corrected chi connectivity index (χ3v) is 3.79. The number of carbonyl (C=O) groups excluding carboxylic acids is 1.